The van der Waals surface area contributed by atoms with Gasteiger partial charge in [0.05, 0.1) is 0 Å². The molecule has 0 heterocycles. The zero-order valence-electron chi connectivity index (χ0n) is 9.25. The van der Waals surface area contributed by atoms with E-state index in [1.54, 1.807) is 12.2 Å². The quantitative estimate of drug-likeness (QED) is 0.817. The predicted molar refractivity (Wildman–Crippen MR) is 64.8 cm³/mol. The van der Waals surface area contributed by atoms with Gasteiger partial charge in [0.15, 0.2) is 0 Å². The van der Waals surface area contributed by atoms with Crippen LogP contribution >= 0.6 is 11.6 Å². The second kappa shape index (κ2) is 4.59. The molecule has 17 heavy (non-hydrogen) atoms. The first-order valence-corrected chi connectivity index (χ1v) is 5.63. The smallest absolute Gasteiger partial charge is 0.126 e. The van der Waals surface area contributed by atoms with Gasteiger partial charge in [0.2, 0.25) is 0 Å². The van der Waals surface area contributed by atoms with Gasteiger partial charge in [-0.2, -0.15) is 0 Å². The van der Waals surface area contributed by atoms with Gasteiger partial charge in [0.25, 0.3) is 0 Å². The Morgan fingerprint density at radius 3 is 2.35 bits per heavy atom. The molecule has 0 spiro atoms. The molecule has 0 aromatic heterocycles. The van der Waals surface area contributed by atoms with Crippen LogP contribution in [0.2, 0.25) is 0 Å². The zero-order valence-corrected chi connectivity index (χ0v) is 10.0. The third-order valence-corrected chi connectivity index (χ3v) is 3.41. The minimum atomic E-state index is -0.598. The number of hydrogen-bond acceptors (Lipinski definition) is 1. The second-order valence-electron chi connectivity index (χ2n) is 4.14. The Kier molecular flexibility index (Phi) is 3.31. The molecule has 1 aromatic rings. The summed E-state index contributed by atoms with van der Waals surface area (Å²) in [6.45, 7) is 1.82. The average molecular weight is 256 g/mol. The number of rotatable bonds is 1. The van der Waals surface area contributed by atoms with Crippen molar-refractivity contribution in [2.75, 3.05) is 0 Å². The summed E-state index contributed by atoms with van der Waals surface area (Å²) in [4.78, 5) is 0. The van der Waals surface area contributed by atoms with E-state index in [-0.39, 0.29) is 12.0 Å². The summed E-state index contributed by atoms with van der Waals surface area (Å²) < 4.78 is 26.3. The Hall–Kier alpha value is -1.19. The van der Waals surface area contributed by atoms with E-state index in [4.69, 9.17) is 17.3 Å². The molecule has 90 valence electrons. The van der Waals surface area contributed by atoms with Crippen LogP contribution < -0.4 is 5.73 Å². The Morgan fingerprint density at radius 1 is 1.18 bits per heavy atom. The van der Waals surface area contributed by atoms with Crippen LogP contribution in [0.5, 0.6) is 0 Å². The number of allylic oxidation sites excluding steroid dienone is 2. The van der Waals surface area contributed by atoms with Gasteiger partial charge in [-0.3, -0.25) is 0 Å². The molecule has 0 bridgehead atoms. The maximum atomic E-state index is 13.1. The molecule has 0 radical (unpaired) electrons. The highest BCUT2D eigenvalue weighted by Crippen LogP contribution is 2.32. The summed E-state index contributed by atoms with van der Waals surface area (Å²) >= 11 is 5.94. The summed E-state index contributed by atoms with van der Waals surface area (Å²) in [5, 5.41) is 0.589. The minimum Gasteiger partial charge on any atom is -0.323 e. The van der Waals surface area contributed by atoms with Crippen LogP contribution in [0.1, 0.15) is 18.4 Å². The molecule has 2 atom stereocenters. The van der Waals surface area contributed by atoms with E-state index >= 15 is 0 Å². The summed E-state index contributed by atoms with van der Waals surface area (Å²) in [5.74, 6) is -1.44. The normalized spacial score (nSPS) is 24.3. The van der Waals surface area contributed by atoms with Gasteiger partial charge >= 0.3 is 0 Å². The van der Waals surface area contributed by atoms with Gasteiger partial charge in [0, 0.05) is 23.1 Å². The molecule has 2 unspecified atom stereocenters. The highest BCUT2D eigenvalue weighted by atomic mass is 35.5. The molecule has 1 aromatic carbocycles. The van der Waals surface area contributed by atoms with Crippen molar-refractivity contribution >= 4 is 11.6 Å². The zero-order chi connectivity index (χ0) is 12.6. The predicted octanol–water partition coefficient (Wildman–Crippen LogP) is 3.46. The van der Waals surface area contributed by atoms with Crippen molar-refractivity contribution in [3.05, 3.63) is 58.2 Å². The van der Waals surface area contributed by atoms with Gasteiger partial charge in [-0.1, -0.05) is 17.7 Å². The third kappa shape index (κ3) is 2.40. The first-order valence-electron chi connectivity index (χ1n) is 5.25. The van der Waals surface area contributed by atoms with Gasteiger partial charge in [-0.05, 0) is 36.3 Å². The summed E-state index contributed by atoms with van der Waals surface area (Å²) in [5.41, 5.74) is 7.35. The molecule has 4 heteroatoms. The van der Waals surface area contributed by atoms with E-state index < -0.39 is 11.6 Å². The summed E-state index contributed by atoms with van der Waals surface area (Å²) in [6, 6.07) is 3.08. The Labute approximate surface area is 104 Å². The monoisotopic (exact) mass is 255 g/mol. The third-order valence-electron chi connectivity index (χ3n) is 2.98. The first kappa shape index (κ1) is 12.3. The van der Waals surface area contributed by atoms with Gasteiger partial charge in [-0.25, -0.2) is 8.78 Å². The summed E-state index contributed by atoms with van der Waals surface area (Å²) in [7, 11) is 0. The highest BCUT2D eigenvalue weighted by molar-refractivity contribution is 6.31. The second-order valence-corrected chi connectivity index (χ2v) is 4.55. The van der Waals surface area contributed by atoms with Crippen LogP contribution in [0.25, 0.3) is 0 Å². The lowest BCUT2D eigenvalue weighted by Crippen LogP contribution is -2.30. The molecule has 1 nitrogen and oxygen atoms in total. The van der Waals surface area contributed by atoms with E-state index in [9.17, 15) is 8.78 Å². The number of benzene rings is 1. The molecule has 2 N–H and O–H groups in total. The lowest BCUT2D eigenvalue weighted by Gasteiger charge is -2.26. The van der Waals surface area contributed by atoms with E-state index in [0.29, 0.717) is 10.6 Å². The SMILES string of the molecule is CC1=C(Cl)C=CC(c2cc(F)cc(F)c2)C1N. The van der Waals surface area contributed by atoms with E-state index in [1.165, 1.54) is 12.1 Å². The van der Waals surface area contributed by atoms with Crippen LogP contribution in [-0.4, -0.2) is 6.04 Å². The van der Waals surface area contributed by atoms with Crippen molar-refractivity contribution in [2.45, 2.75) is 18.9 Å². The van der Waals surface area contributed by atoms with Crippen molar-refractivity contribution in [3.63, 3.8) is 0 Å². The van der Waals surface area contributed by atoms with Gasteiger partial charge in [0.1, 0.15) is 11.6 Å². The maximum absolute atomic E-state index is 13.1. The molecule has 0 saturated carbocycles. The highest BCUT2D eigenvalue weighted by Gasteiger charge is 2.24. The van der Waals surface area contributed by atoms with E-state index in [1.807, 2.05) is 6.92 Å². The van der Waals surface area contributed by atoms with Gasteiger partial charge < -0.3 is 5.73 Å². The largest absolute Gasteiger partial charge is 0.323 e. The fourth-order valence-corrected chi connectivity index (χ4v) is 2.15. The Morgan fingerprint density at radius 2 is 1.76 bits per heavy atom. The van der Waals surface area contributed by atoms with Crippen molar-refractivity contribution in [3.8, 4) is 0 Å². The van der Waals surface area contributed by atoms with Crippen molar-refractivity contribution in [1.29, 1.82) is 0 Å². The average Bonchev–Trinajstić information content (AvgIpc) is 2.24. The number of nitrogens with two attached hydrogens (primary N) is 1. The number of halogens is 3. The van der Waals surface area contributed by atoms with Gasteiger partial charge in [-0.15, -0.1) is 0 Å². The van der Waals surface area contributed by atoms with E-state index in [2.05, 4.69) is 0 Å². The molecular weight excluding hydrogens is 244 g/mol. The fraction of sp³-hybridized carbons (Fsp3) is 0.231. The first-order chi connectivity index (χ1) is 7.99. The van der Waals surface area contributed by atoms with Crippen LogP contribution in [0.4, 0.5) is 8.78 Å². The van der Waals surface area contributed by atoms with E-state index in [0.717, 1.165) is 11.6 Å². The summed E-state index contributed by atoms with van der Waals surface area (Å²) in [6.07, 6.45) is 3.49. The number of hydrogen-bond donors (Lipinski definition) is 1. The van der Waals surface area contributed by atoms with Crippen LogP contribution in [0, 0.1) is 11.6 Å². The fourth-order valence-electron chi connectivity index (χ4n) is 1.95. The minimum absolute atomic E-state index is 0.248. The molecule has 1 aliphatic rings. The molecule has 0 fully saturated rings. The van der Waals surface area contributed by atoms with Crippen molar-refractivity contribution < 1.29 is 8.78 Å². The molecule has 1 aliphatic carbocycles. The lowest BCUT2D eigenvalue weighted by atomic mass is 9.84. The maximum Gasteiger partial charge on any atom is 0.126 e. The van der Waals surface area contributed by atoms with Crippen molar-refractivity contribution in [2.24, 2.45) is 5.73 Å². The van der Waals surface area contributed by atoms with Crippen LogP contribution in [0.15, 0.2) is 41.0 Å². The van der Waals surface area contributed by atoms with Crippen LogP contribution in [-0.2, 0) is 0 Å². The lowest BCUT2D eigenvalue weighted by molar-refractivity contribution is 0.572. The molecule has 0 saturated heterocycles. The molecule has 0 aliphatic heterocycles. The van der Waals surface area contributed by atoms with Crippen molar-refractivity contribution in [1.82, 2.24) is 0 Å². The Balaban J connectivity index is 2.39. The Bertz CT molecular complexity index is 488. The van der Waals surface area contributed by atoms with Crippen LogP contribution in [0.3, 0.4) is 0 Å². The molecular formula is C13H12ClF2N. The molecule has 2 rings (SSSR count). The standard InChI is InChI=1S/C13H12ClF2N/c1-7-12(14)3-2-11(13(7)17)8-4-9(15)6-10(16)5-8/h2-6,11,13H,17H2,1H3. The topological polar surface area (TPSA) is 26.0 Å². The molecule has 0 amide bonds.